The van der Waals surface area contributed by atoms with Crippen LogP contribution in [0.4, 0.5) is 0 Å². The molecule has 0 spiro atoms. The summed E-state index contributed by atoms with van der Waals surface area (Å²) in [6.07, 6.45) is -1.12. The molecule has 2 atom stereocenters. The van der Waals surface area contributed by atoms with Crippen molar-refractivity contribution in [2.75, 3.05) is 7.11 Å². The van der Waals surface area contributed by atoms with Gasteiger partial charge in [0.15, 0.2) is 10.8 Å². The third-order valence-corrected chi connectivity index (χ3v) is 3.43. The van der Waals surface area contributed by atoms with Crippen LogP contribution >= 0.6 is 12.2 Å². The highest BCUT2D eigenvalue weighted by molar-refractivity contribution is 7.71. The van der Waals surface area contributed by atoms with Crippen LogP contribution in [0.25, 0.3) is 10.9 Å². The lowest BCUT2D eigenvalue weighted by atomic mass is 10.1. The predicted molar refractivity (Wildman–Crippen MR) is 84.7 cm³/mol. The first kappa shape index (κ1) is 16.8. The van der Waals surface area contributed by atoms with E-state index in [0.717, 1.165) is 7.11 Å². The molecule has 2 aromatic rings. The first-order valence-electron chi connectivity index (χ1n) is 6.66. The Morgan fingerprint density at radius 2 is 2.04 bits per heavy atom. The lowest BCUT2D eigenvalue weighted by Gasteiger charge is -2.19. The molecule has 23 heavy (non-hydrogen) atoms. The van der Waals surface area contributed by atoms with Crippen LogP contribution in [0.15, 0.2) is 23.0 Å². The number of ether oxygens (including phenoxy) is 1. The molecule has 0 bridgehead atoms. The molecule has 8 nitrogen and oxygen atoms in total. The molecule has 1 aromatic heterocycles. The van der Waals surface area contributed by atoms with Crippen LogP contribution in [0.5, 0.6) is 0 Å². The number of carbonyl (C=O) groups is 2. The molecule has 1 amide bonds. The van der Waals surface area contributed by atoms with Crippen molar-refractivity contribution in [1.29, 1.82) is 0 Å². The Morgan fingerprint density at radius 1 is 1.35 bits per heavy atom. The molecule has 1 heterocycles. The summed E-state index contributed by atoms with van der Waals surface area (Å²) in [5.74, 6) is -1.35. The largest absolute Gasteiger partial charge is 0.467 e. The zero-order valence-corrected chi connectivity index (χ0v) is 13.2. The van der Waals surface area contributed by atoms with Gasteiger partial charge in [-0.05, 0) is 37.3 Å². The molecule has 1 aromatic carbocycles. The number of methoxy groups -OCH3 is 1. The number of aromatic nitrogens is 2. The van der Waals surface area contributed by atoms with Crippen LogP contribution in [-0.2, 0) is 9.53 Å². The molecule has 0 fully saturated rings. The highest BCUT2D eigenvalue weighted by Gasteiger charge is 2.26. The topological polar surface area (TPSA) is 124 Å². The molecular weight excluding hydrogens is 322 g/mol. The van der Waals surface area contributed by atoms with E-state index in [1.807, 2.05) is 0 Å². The van der Waals surface area contributed by atoms with Crippen LogP contribution in [0, 0.1) is 4.77 Å². The molecule has 122 valence electrons. The minimum absolute atomic E-state index is 0.136. The number of aromatic amines is 2. The average Bonchev–Trinajstić information content (AvgIpc) is 2.50. The van der Waals surface area contributed by atoms with E-state index in [0.29, 0.717) is 10.9 Å². The second-order valence-corrected chi connectivity index (χ2v) is 5.29. The number of H-pyrrole nitrogens is 2. The van der Waals surface area contributed by atoms with Crippen molar-refractivity contribution in [3.8, 4) is 0 Å². The fraction of sp³-hybridized carbons (Fsp3) is 0.286. The van der Waals surface area contributed by atoms with Crippen LogP contribution < -0.4 is 10.9 Å². The number of hydrogen-bond donors (Lipinski definition) is 4. The van der Waals surface area contributed by atoms with Gasteiger partial charge in [0.25, 0.3) is 11.5 Å². The summed E-state index contributed by atoms with van der Waals surface area (Å²) in [5.41, 5.74) is 0.216. The lowest BCUT2D eigenvalue weighted by Crippen LogP contribution is -2.48. The van der Waals surface area contributed by atoms with Crippen LogP contribution in [0.3, 0.4) is 0 Å². The summed E-state index contributed by atoms with van der Waals surface area (Å²) in [4.78, 5) is 40.8. The van der Waals surface area contributed by atoms with E-state index in [9.17, 15) is 19.5 Å². The standard InChI is InChI=1S/C14H15N3O5S/c1-6(18)10(13(21)22-2)16-11(19)7-3-4-8-9(5-7)15-14(23)17-12(8)20/h3-6,10,18H,1-2H3,(H,16,19)(H2,15,17,20,23). The summed E-state index contributed by atoms with van der Waals surface area (Å²) in [6.45, 7) is 1.36. The fourth-order valence-electron chi connectivity index (χ4n) is 2.04. The molecule has 0 saturated heterocycles. The van der Waals surface area contributed by atoms with Gasteiger partial charge in [0.2, 0.25) is 0 Å². The lowest BCUT2D eigenvalue weighted by molar-refractivity contribution is -0.145. The molecule has 0 saturated carbocycles. The third kappa shape index (κ3) is 3.63. The highest BCUT2D eigenvalue weighted by atomic mass is 32.1. The van der Waals surface area contributed by atoms with Crippen molar-refractivity contribution < 1.29 is 19.4 Å². The van der Waals surface area contributed by atoms with Gasteiger partial charge in [-0.2, -0.15) is 0 Å². The maximum atomic E-state index is 12.2. The number of nitrogens with one attached hydrogen (secondary N) is 3. The zero-order chi connectivity index (χ0) is 17.1. The molecule has 0 radical (unpaired) electrons. The van der Waals surface area contributed by atoms with Gasteiger partial charge >= 0.3 is 5.97 Å². The minimum Gasteiger partial charge on any atom is -0.467 e. The van der Waals surface area contributed by atoms with Gasteiger partial charge in [0, 0.05) is 5.56 Å². The van der Waals surface area contributed by atoms with Gasteiger partial charge < -0.3 is 20.1 Å². The Morgan fingerprint density at radius 3 is 2.65 bits per heavy atom. The first-order chi connectivity index (χ1) is 10.8. The Balaban J connectivity index is 2.36. The van der Waals surface area contributed by atoms with Crippen molar-refractivity contribution in [2.24, 2.45) is 0 Å². The molecule has 2 rings (SSSR count). The second kappa shape index (κ2) is 6.71. The molecule has 0 aliphatic carbocycles. The Kier molecular flexibility index (Phi) is 4.92. The number of rotatable bonds is 4. The Labute approximate surface area is 135 Å². The predicted octanol–water partition coefficient (Wildman–Crippen LogP) is 0.238. The molecule has 0 aliphatic rings. The van der Waals surface area contributed by atoms with Crippen molar-refractivity contribution in [2.45, 2.75) is 19.1 Å². The fourth-order valence-corrected chi connectivity index (χ4v) is 2.24. The smallest absolute Gasteiger partial charge is 0.331 e. The SMILES string of the molecule is COC(=O)C(NC(=O)c1ccc2c(=O)[nH]c(=S)[nH]c2c1)C(C)O. The number of esters is 1. The molecule has 9 heteroatoms. The van der Waals surface area contributed by atoms with E-state index >= 15 is 0 Å². The third-order valence-electron chi connectivity index (χ3n) is 3.23. The number of carbonyl (C=O) groups excluding carboxylic acids is 2. The van der Waals surface area contributed by atoms with E-state index < -0.39 is 24.0 Å². The zero-order valence-electron chi connectivity index (χ0n) is 12.4. The molecular formula is C14H15N3O5S. The minimum atomic E-state index is -1.19. The Bertz CT molecular complexity index is 871. The Hall–Kier alpha value is -2.52. The van der Waals surface area contributed by atoms with Crippen molar-refractivity contribution in [1.82, 2.24) is 15.3 Å². The number of hydrogen-bond acceptors (Lipinski definition) is 6. The van der Waals surface area contributed by atoms with Gasteiger partial charge in [-0.25, -0.2) is 4.79 Å². The van der Waals surface area contributed by atoms with E-state index in [1.54, 1.807) is 0 Å². The monoisotopic (exact) mass is 337 g/mol. The number of aliphatic hydroxyl groups excluding tert-OH is 1. The van der Waals surface area contributed by atoms with E-state index in [4.69, 9.17) is 12.2 Å². The summed E-state index contributed by atoms with van der Waals surface area (Å²) >= 11 is 4.88. The molecule has 4 N–H and O–H groups in total. The van der Waals surface area contributed by atoms with E-state index in [2.05, 4.69) is 20.0 Å². The summed E-state index contributed by atoms with van der Waals surface area (Å²) in [7, 11) is 1.16. The maximum absolute atomic E-state index is 12.2. The summed E-state index contributed by atoms with van der Waals surface area (Å²) < 4.78 is 4.67. The normalized spacial score (nSPS) is 13.3. The number of aliphatic hydroxyl groups is 1. The quantitative estimate of drug-likeness (QED) is 0.468. The number of amides is 1. The highest BCUT2D eigenvalue weighted by Crippen LogP contribution is 2.10. The van der Waals surface area contributed by atoms with Crippen LogP contribution in [0.1, 0.15) is 17.3 Å². The van der Waals surface area contributed by atoms with E-state index in [1.165, 1.54) is 25.1 Å². The van der Waals surface area contributed by atoms with Crippen molar-refractivity contribution in [3.05, 3.63) is 38.9 Å². The van der Waals surface area contributed by atoms with Gasteiger partial charge in [-0.1, -0.05) is 0 Å². The van der Waals surface area contributed by atoms with Crippen LogP contribution in [0.2, 0.25) is 0 Å². The van der Waals surface area contributed by atoms with E-state index in [-0.39, 0.29) is 15.9 Å². The van der Waals surface area contributed by atoms with Crippen LogP contribution in [-0.4, -0.2) is 46.2 Å². The van der Waals surface area contributed by atoms with Crippen molar-refractivity contribution >= 4 is 35.0 Å². The van der Waals surface area contributed by atoms with Gasteiger partial charge in [-0.15, -0.1) is 0 Å². The summed E-state index contributed by atoms with van der Waals surface area (Å²) in [5, 5.41) is 12.3. The van der Waals surface area contributed by atoms with Gasteiger partial charge in [0.05, 0.1) is 24.1 Å². The second-order valence-electron chi connectivity index (χ2n) is 4.88. The first-order valence-corrected chi connectivity index (χ1v) is 7.07. The average molecular weight is 337 g/mol. The van der Waals surface area contributed by atoms with Gasteiger partial charge in [-0.3, -0.25) is 14.6 Å². The molecule has 2 unspecified atom stereocenters. The number of fused-ring (bicyclic) bond motifs is 1. The molecule has 0 aliphatic heterocycles. The van der Waals surface area contributed by atoms with Gasteiger partial charge in [0.1, 0.15) is 0 Å². The van der Waals surface area contributed by atoms with Crippen molar-refractivity contribution in [3.63, 3.8) is 0 Å². The maximum Gasteiger partial charge on any atom is 0.331 e. The summed E-state index contributed by atoms with van der Waals surface area (Å²) in [6, 6.07) is 3.14. The number of benzene rings is 1.